The molecule has 0 radical (unpaired) electrons. The van der Waals surface area contributed by atoms with Crippen LogP contribution in [0.1, 0.15) is 64.8 Å². The molecule has 4 nitrogen and oxygen atoms in total. The van der Waals surface area contributed by atoms with Crippen molar-refractivity contribution in [1.29, 1.82) is 0 Å². The number of hydrogen-bond donors (Lipinski definition) is 0. The predicted octanol–water partition coefficient (Wildman–Crippen LogP) is 5.16. The van der Waals surface area contributed by atoms with Crippen molar-refractivity contribution in [3.8, 4) is 5.75 Å². The van der Waals surface area contributed by atoms with Gasteiger partial charge in [0.2, 0.25) is 0 Å². The van der Waals surface area contributed by atoms with Gasteiger partial charge in [0.05, 0.1) is 18.2 Å². The Kier molecular flexibility index (Phi) is 4.45. The van der Waals surface area contributed by atoms with Crippen LogP contribution in [0.2, 0.25) is 0 Å². The van der Waals surface area contributed by atoms with Gasteiger partial charge in [-0.15, -0.1) is 0 Å². The normalized spacial score (nSPS) is 29.5. The van der Waals surface area contributed by atoms with Crippen LogP contribution in [0, 0.1) is 17.8 Å². The zero-order valence-electron chi connectivity index (χ0n) is 16.7. The zero-order chi connectivity index (χ0) is 20.0. The summed E-state index contributed by atoms with van der Waals surface area (Å²) in [6, 6.07) is 14.1. The quantitative estimate of drug-likeness (QED) is 0.534. The Balaban J connectivity index is 1.40. The Bertz CT molecular complexity index is 911. The maximum Gasteiger partial charge on any atom is 0.346 e. The second-order valence-corrected chi connectivity index (χ2v) is 9.16. The van der Waals surface area contributed by atoms with E-state index in [1.807, 2.05) is 12.1 Å². The van der Waals surface area contributed by atoms with E-state index in [0.717, 1.165) is 23.5 Å². The molecule has 0 aliphatic heterocycles. The molecule has 6 rings (SSSR count). The van der Waals surface area contributed by atoms with E-state index in [9.17, 15) is 9.59 Å². The Hall–Kier alpha value is -2.62. The number of carbonyl (C=O) groups excluding carboxylic acids is 2. The first-order chi connectivity index (χ1) is 14.1. The Morgan fingerprint density at radius 1 is 0.828 bits per heavy atom. The van der Waals surface area contributed by atoms with Crippen molar-refractivity contribution in [3.05, 3.63) is 65.2 Å². The van der Waals surface area contributed by atoms with Crippen molar-refractivity contribution in [2.24, 2.45) is 17.8 Å². The minimum absolute atomic E-state index is 0.183. The van der Waals surface area contributed by atoms with Crippen LogP contribution >= 0.6 is 0 Å². The molecule has 4 aliphatic carbocycles. The maximum atomic E-state index is 12.6. The summed E-state index contributed by atoms with van der Waals surface area (Å²) in [5, 5.41) is 0. The van der Waals surface area contributed by atoms with Gasteiger partial charge < -0.3 is 9.47 Å². The van der Waals surface area contributed by atoms with Crippen LogP contribution in [0.15, 0.2) is 48.5 Å². The van der Waals surface area contributed by atoms with Gasteiger partial charge in [0.1, 0.15) is 5.75 Å². The van der Waals surface area contributed by atoms with Crippen molar-refractivity contribution in [2.75, 3.05) is 7.11 Å². The molecule has 29 heavy (non-hydrogen) atoms. The molecule has 4 fully saturated rings. The Labute approximate surface area is 171 Å². The van der Waals surface area contributed by atoms with E-state index in [0.29, 0.717) is 11.1 Å². The molecule has 150 valence electrons. The summed E-state index contributed by atoms with van der Waals surface area (Å²) >= 11 is 0. The van der Waals surface area contributed by atoms with Crippen LogP contribution in [0.25, 0.3) is 0 Å². The van der Waals surface area contributed by atoms with Gasteiger partial charge >= 0.3 is 11.9 Å². The first kappa shape index (κ1) is 18.4. The predicted molar refractivity (Wildman–Crippen MR) is 109 cm³/mol. The number of esters is 2. The van der Waals surface area contributed by atoms with E-state index < -0.39 is 11.9 Å². The molecule has 0 N–H and O–H groups in total. The van der Waals surface area contributed by atoms with Gasteiger partial charge in [-0.2, -0.15) is 0 Å². The number of carbonyl (C=O) groups is 2. The molecule has 0 unspecified atom stereocenters. The number of rotatable bonds is 4. The van der Waals surface area contributed by atoms with Gasteiger partial charge in [0.25, 0.3) is 0 Å². The third kappa shape index (κ3) is 3.25. The van der Waals surface area contributed by atoms with Crippen molar-refractivity contribution in [3.63, 3.8) is 0 Å². The molecule has 0 saturated heterocycles. The van der Waals surface area contributed by atoms with Crippen LogP contribution in [0.3, 0.4) is 0 Å². The van der Waals surface area contributed by atoms with E-state index in [1.165, 1.54) is 44.1 Å². The minimum Gasteiger partial charge on any atom is -0.496 e. The second-order valence-electron chi connectivity index (χ2n) is 9.16. The van der Waals surface area contributed by atoms with Crippen LogP contribution in [-0.2, 0) is 10.2 Å². The molecule has 0 spiro atoms. The maximum absolute atomic E-state index is 12.6. The van der Waals surface area contributed by atoms with Gasteiger partial charge in [-0.05, 0) is 86.0 Å². The van der Waals surface area contributed by atoms with E-state index in [-0.39, 0.29) is 5.41 Å². The summed E-state index contributed by atoms with van der Waals surface area (Å²) in [4.78, 5) is 24.8. The average molecular weight is 390 g/mol. The Morgan fingerprint density at radius 2 is 1.41 bits per heavy atom. The molecular formula is C25H26O4. The van der Waals surface area contributed by atoms with E-state index in [2.05, 4.69) is 0 Å². The molecule has 0 atom stereocenters. The van der Waals surface area contributed by atoms with Crippen LogP contribution in [0.5, 0.6) is 5.75 Å². The van der Waals surface area contributed by atoms with Crippen molar-refractivity contribution < 1.29 is 19.1 Å². The standard InChI is InChI=1S/C25H26O4/c1-28-22-12-20(24(27)29-23(26)19-5-3-2-4-6-19)7-8-21(22)25-13-16-9-17(14-25)11-18(10-16)15-25/h2-8,12,16-18H,9-11,13-15H2,1H3. The zero-order valence-corrected chi connectivity index (χ0v) is 16.7. The lowest BCUT2D eigenvalue weighted by atomic mass is 9.48. The van der Waals surface area contributed by atoms with E-state index >= 15 is 0 Å². The molecular weight excluding hydrogens is 364 g/mol. The molecule has 0 heterocycles. The molecule has 4 saturated carbocycles. The fraction of sp³-hybridized carbons (Fsp3) is 0.440. The molecule has 2 aromatic rings. The topological polar surface area (TPSA) is 52.6 Å². The summed E-state index contributed by atoms with van der Waals surface area (Å²) in [6.07, 6.45) is 7.83. The number of hydrogen-bond acceptors (Lipinski definition) is 4. The van der Waals surface area contributed by atoms with Gasteiger partial charge in [0, 0.05) is 5.56 Å². The summed E-state index contributed by atoms with van der Waals surface area (Å²) in [5.74, 6) is 1.96. The summed E-state index contributed by atoms with van der Waals surface area (Å²) in [6.45, 7) is 0. The van der Waals surface area contributed by atoms with Crippen molar-refractivity contribution in [1.82, 2.24) is 0 Å². The molecule has 2 aromatic carbocycles. The van der Waals surface area contributed by atoms with Crippen molar-refractivity contribution in [2.45, 2.75) is 43.9 Å². The molecule has 4 bridgehead atoms. The highest BCUT2D eigenvalue weighted by Crippen LogP contribution is 2.61. The fourth-order valence-electron chi connectivity index (χ4n) is 6.47. The highest BCUT2D eigenvalue weighted by molar-refractivity contribution is 6.02. The molecule has 0 amide bonds. The highest BCUT2D eigenvalue weighted by atomic mass is 16.6. The first-order valence-corrected chi connectivity index (χ1v) is 10.6. The van der Waals surface area contributed by atoms with Crippen LogP contribution < -0.4 is 4.74 Å². The van der Waals surface area contributed by atoms with Crippen LogP contribution in [-0.4, -0.2) is 19.0 Å². The van der Waals surface area contributed by atoms with Gasteiger partial charge in [0.15, 0.2) is 0 Å². The lowest BCUT2D eigenvalue weighted by Gasteiger charge is -2.57. The monoisotopic (exact) mass is 390 g/mol. The molecule has 0 aromatic heterocycles. The van der Waals surface area contributed by atoms with Crippen molar-refractivity contribution >= 4 is 11.9 Å². The lowest BCUT2D eigenvalue weighted by Crippen LogP contribution is -2.48. The highest BCUT2D eigenvalue weighted by Gasteiger charge is 2.52. The lowest BCUT2D eigenvalue weighted by molar-refractivity contribution is -0.00619. The SMILES string of the molecule is COc1cc(C(=O)OC(=O)c2ccccc2)ccc1C12CC3CC(CC(C3)C1)C2. The molecule has 4 aliphatic rings. The first-order valence-electron chi connectivity index (χ1n) is 10.6. The summed E-state index contributed by atoms with van der Waals surface area (Å²) < 4.78 is 10.8. The molecule has 4 heteroatoms. The number of methoxy groups -OCH3 is 1. The van der Waals surface area contributed by atoms with Gasteiger partial charge in [-0.1, -0.05) is 24.3 Å². The smallest absolute Gasteiger partial charge is 0.346 e. The minimum atomic E-state index is -0.644. The fourth-order valence-corrected chi connectivity index (χ4v) is 6.47. The second kappa shape index (κ2) is 7.01. The van der Waals surface area contributed by atoms with Gasteiger partial charge in [-0.3, -0.25) is 0 Å². The number of ether oxygens (including phenoxy) is 2. The largest absolute Gasteiger partial charge is 0.496 e. The third-order valence-electron chi connectivity index (χ3n) is 7.24. The Morgan fingerprint density at radius 3 is 2.00 bits per heavy atom. The van der Waals surface area contributed by atoms with E-state index in [4.69, 9.17) is 9.47 Å². The van der Waals surface area contributed by atoms with Gasteiger partial charge in [-0.25, -0.2) is 9.59 Å². The third-order valence-corrected chi connectivity index (χ3v) is 7.24. The van der Waals surface area contributed by atoms with Crippen LogP contribution in [0.4, 0.5) is 0 Å². The average Bonchev–Trinajstić information content (AvgIpc) is 2.73. The summed E-state index contributed by atoms with van der Waals surface area (Å²) in [7, 11) is 1.66. The van der Waals surface area contributed by atoms with E-state index in [1.54, 1.807) is 43.5 Å². The number of benzene rings is 2. The summed E-state index contributed by atoms with van der Waals surface area (Å²) in [5.41, 5.74) is 2.12.